The monoisotopic (exact) mass is 776 g/mol. The Morgan fingerprint density at radius 3 is 2.33 bits per heavy atom. The lowest BCUT2D eigenvalue weighted by molar-refractivity contribution is -0.150. The number of carbonyl (C=O) groups excluding carboxylic acids is 2. The lowest BCUT2D eigenvalue weighted by Crippen LogP contribution is -2.24. The average molecular weight is 778 g/mol. The zero-order chi connectivity index (χ0) is 36.7. The Labute approximate surface area is 310 Å². The van der Waals surface area contributed by atoms with Crippen LogP contribution in [0.4, 0.5) is 4.79 Å². The van der Waals surface area contributed by atoms with Crippen LogP contribution in [-0.2, 0) is 49.6 Å². The van der Waals surface area contributed by atoms with Gasteiger partial charge in [-0.3, -0.25) is 4.52 Å². The lowest BCUT2D eigenvalue weighted by Gasteiger charge is -2.23. The van der Waals surface area contributed by atoms with E-state index in [4.69, 9.17) is 57.2 Å². The number of primary amides is 1. The van der Waals surface area contributed by atoms with Gasteiger partial charge in [0.1, 0.15) is 22.3 Å². The smallest absolute Gasteiger partial charge is 0.417 e. The van der Waals surface area contributed by atoms with E-state index in [0.29, 0.717) is 40.5 Å². The summed E-state index contributed by atoms with van der Waals surface area (Å²) >= 11 is 14.0. The van der Waals surface area contributed by atoms with Crippen LogP contribution >= 0.6 is 42.6 Å². The zero-order valence-electron chi connectivity index (χ0n) is 28.5. The van der Waals surface area contributed by atoms with Crippen molar-refractivity contribution in [2.45, 2.75) is 75.9 Å². The van der Waals surface area contributed by atoms with Gasteiger partial charge in [-0.2, -0.15) is 0 Å². The van der Waals surface area contributed by atoms with Crippen LogP contribution < -0.4 is 20.3 Å². The highest BCUT2D eigenvalue weighted by molar-refractivity contribution is 7.99. The van der Waals surface area contributed by atoms with Gasteiger partial charge in [-0.25, -0.2) is 19.1 Å². The van der Waals surface area contributed by atoms with E-state index in [2.05, 4.69) is 5.32 Å². The van der Waals surface area contributed by atoms with Gasteiger partial charge < -0.3 is 34.4 Å². The molecule has 2 atom stereocenters. The maximum absolute atomic E-state index is 14.1. The summed E-state index contributed by atoms with van der Waals surface area (Å²) in [6.45, 7) is 8.93. The fraction of sp³-hybridized carbons (Fsp3) is 0.343. The number of esters is 1. The van der Waals surface area contributed by atoms with Crippen molar-refractivity contribution in [2.75, 3.05) is 13.0 Å². The molecule has 2 heterocycles. The van der Waals surface area contributed by atoms with E-state index < -0.39 is 32.1 Å². The fourth-order valence-corrected chi connectivity index (χ4v) is 8.61. The Balaban J connectivity index is 1.37. The van der Waals surface area contributed by atoms with Crippen molar-refractivity contribution in [3.05, 3.63) is 98.9 Å². The molecule has 1 amide bonds. The van der Waals surface area contributed by atoms with Gasteiger partial charge >= 0.3 is 19.7 Å². The summed E-state index contributed by atoms with van der Waals surface area (Å²) in [5, 5.41) is 5.07. The van der Waals surface area contributed by atoms with Crippen molar-refractivity contribution in [2.24, 2.45) is 5.73 Å². The molecule has 0 spiro atoms. The Kier molecular flexibility index (Phi) is 13.0. The SMILES string of the molecule is CCOC(=O)[C@H](C)OP(=O)(COc1ccc(Cn2c(COC(N)=O)nc(C(C)C)c2Sc2cc(Cl)cc(Cl)c2)cc1)Oc1ccc2c(c1)CNC2. The molecular formula is C35H39Cl2N4O8PS. The summed E-state index contributed by atoms with van der Waals surface area (Å²) in [7, 11) is -4.04. The van der Waals surface area contributed by atoms with Gasteiger partial charge in [0.2, 0.25) is 6.35 Å². The van der Waals surface area contributed by atoms with Crippen LogP contribution in [0.5, 0.6) is 11.5 Å². The molecule has 5 rings (SSSR count). The second-order valence-electron chi connectivity index (χ2n) is 11.9. The number of halogens is 2. The Hall–Kier alpha value is -3.71. The molecule has 1 aliphatic heterocycles. The molecule has 0 fully saturated rings. The molecule has 272 valence electrons. The number of fused-ring (bicyclic) bond motifs is 1. The molecule has 3 aromatic carbocycles. The van der Waals surface area contributed by atoms with Crippen LogP contribution in [-0.4, -0.2) is 40.7 Å². The van der Waals surface area contributed by atoms with Crippen molar-refractivity contribution in [3.63, 3.8) is 0 Å². The van der Waals surface area contributed by atoms with E-state index in [9.17, 15) is 14.2 Å². The lowest BCUT2D eigenvalue weighted by atomic mass is 10.1. The molecule has 3 N–H and O–H groups in total. The first-order valence-electron chi connectivity index (χ1n) is 16.2. The Bertz CT molecular complexity index is 1900. The normalized spacial score (nSPS) is 14.1. The third kappa shape index (κ3) is 10.4. The number of amides is 1. The van der Waals surface area contributed by atoms with Crippen molar-refractivity contribution in [3.8, 4) is 11.5 Å². The molecule has 0 saturated carbocycles. The Morgan fingerprint density at radius 1 is 0.980 bits per heavy atom. The summed E-state index contributed by atoms with van der Waals surface area (Å²) in [5.41, 5.74) is 9.09. The number of imidazole rings is 1. The molecule has 1 aliphatic rings. The highest BCUT2D eigenvalue weighted by Gasteiger charge is 2.34. The van der Waals surface area contributed by atoms with Gasteiger partial charge in [0.05, 0.1) is 12.3 Å². The van der Waals surface area contributed by atoms with Gasteiger partial charge in [0.15, 0.2) is 12.7 Å². The van der Waals surface area contributed by atoms with E-state index in [1.165, 1.54) is 18.7 Å². The highest BCUT2D eigenvalue weighted by Crippen LogP contribution is 2.50. The van der Waals surface area contributed by atoms with Gasteiger partial charge in [-0.05, 0) is 78.9 Å². The van der Waals surface area contributed by atoms with E-state index in [1.54, 1.807) is 37.3 Å². The van der Waals surface area contributed by atoms with Crippen LogP contribution in [0.15, 0.2) is 70.6 Å². The molecule has 16 heteroatoms. The Morgan fingerprint density at radius 2 is 1.67 bits per heavy atom. The summed E-state index contributed by atoms with van der Waals surface area (Å²) in [5.74, 6) is 0.595. The first-order valence-corrected chi connectivity index (χ1v) is 19.5. The van der Waals surface area contributed by atoms with E-state index >= 15 is 0 Å². The number of ether oxygens (including phenoxy) is 3. The van der Waals surface area contributed by atoms with Crippen molar-refractivity contribution >= 4 is 54.6 Å². The molecule has 0 radical (unpaired) electrons. The van der Waals surface area contributed by atoms with Crippen LogP contribution in [0.2, 0.25) is 10.0 Å². The van der Waals surface area contributed by atoms with Gasteiger partial charge in [-0.1, -0.05) is 67.0 Å². The highest BCUT2D eigenvalue weighted by atomic mass is 35.5. The van der Waals surface area contributed by atoms with E-state index in [1.807, 2.05) is 48.7 Å². The van der Waals surface area contributed by atoms with Crippen molar-refractivity contribution < 1.29 is 37.4 Å². The molecule has 0 bridgehead atoms. The maximum atomic E-state index is 14.1. The standard InChI is InChI=1S/C35H39Cl2N4O8PS/c1-5-45-34(42)22(4)48-50(44,49-29-11-8-24-16-39-17-25(24)12-29)20-47-28-9-6-23(7-10-28)18-41-31(19-46-35(38)43)40-32(21(2)3)33(41)51-30-14-26(36)13-27(37)15-30/h6-15,21-22,39H,5,16-20H2,1-4H3,(H2,38,43)/t22-,50?/m0/s1. The third-order valence-corrected chi connectivity index (χ3v) is 10.7. The summed E-state index contributed by atoms with van der Waals surface area (Å²) in [4.78, 5) is 29.5. The number of nitrogens with one attached hydrogen (secondary N) is 1. The minimum atomic E-state index is -4.04. The molecule has 1 unspecified atom stereocenters. The number of nitrogens with two attached hydrogens (primary N) is 1. The van der Waals surface area contributed by atoms with Crippen molar-refractivity contribution in [1.29, 1.82) is 0 Å². The number of rotatable bonds is 16. The van der Waals surface area contributed by atoms with Gasteiger partial charge in [0.25, 0.3) is 0 Å². The van der Waals surface area contributed by atoms with Crippen LogP contribution in [0, 0.1) is 0 Å². The number of hydrogen-bond acceptors (Lipinski definition) is 11. The minimum Gasteiger partial charge on any atom is -0.480 e. The molecule has 1 aromatic heterocycles. The number of hydrogen-bond donors (Lipinski definition) is 2. The summed E-state index contributed by atoms with van der Waals surface area (Å²) in [6.07, 6.45) is -2.54. The predicted molar refractivity (Wildman–Crippen MR) is 195 cm³/mol. The molecule has 0 aliphatic carbocycles. The first kappa shape index (κ1) is 38.5. The van der Waals surface area contributed by atoms with Crippen LogP contribution in [0.3, 0.4) is 0 Å². The summed E-state index contributed by atoms with van der Waals surface area (Å²) < 4.78 is 43.7. The average Bonchev–Trinajstić information content (AvgIpc) is 3.67. The van der Waals surface area contributed by atoms with Gasteiger partial charge in [-0.15, -0.1) is 0 Å². The molecular weight excluding hydrogens is 738 g/mol. The van der Waals surface area contributed by atoms with Crippen LogP contribution in [0.25, 0.3) is 0 Å². The van der Waals surface area contributed by atoms with Crippen molar-refractivity contribution in [1.82, 2.24) is 14.9 Å². The zero-order valence-corrected chi connectivity index (χ0v) is 31.7. The first-order chi connectivity index (χ1) is 24.3. The second-order valence-corrected chi connectivity index (χ2v) is 15.7. The fourth-order valence-electron chi connectivity index (χ4n) is 5.23. The molecule has 0 saturated heterocycles. The van der Waals surface area contributed by atoms with Gasteiger partial charge in [0, 0.05) is 34.6 Å². The number of carbonyl (C=O) groups is 2. The van der Waals surface area contributed by atoms with E-state index in [-0.39, 0.29) is 19.1 Å². The quantitative estimate of drug-likeness (QED) is 0.0835. The number of nitrogens with zero attached hydrogens (tertiary/aromatic N) is 2. The third-order valence-electron chi connectivity index (χ3n) is 7.61. The minimum absolute atomic E-state index is 0.0339. The molecule has 12 nitrogen and oxygen atoms in total. The maximum Gasteiger partial charge on any atom is 0.417 e. The topological polar surface area (TPSA) is 153 Å². The summed E-state index contributed by atoms with van der Waals surface area (Å²) in [6, 6.07) is 17.8. The number of aromatic nitrogens is 2. The molecule has 51 heavy (non-hydrogen) atoms. The number of benzene rings is 3. The van der Waals surface area contributed by atoms with E-state index in [0.717, 1.165) is 38.9 Å². The second kappa shape index (κ2) is 17.2. The predicted octanol–water partition coefficient (Wildman–Crippen LogP) is 8.29. The largest absolute Gasteiger partial charge is 0.480 e. The van der Waals surface area contributed by atoms with Crippen LogP contribution in [0.1, 0.15) is 61.8 Å². The molecule has 4 aromatic rings.